The van der Waals surface area contributed by atoms with Gasteiger partial charge in [0.15, 0.2) is 0 Å². The molecule has 0 radical (unpaired) electrons. The van der Waals surface area contributed by atoms with Crippen LogP contribution in [0.3, 0.4) is 0 Å². The Kier molecular flexibility index (Phi) is 3.49. The van der Waals surface area contributed by atoms with Crippen molar-refractivity contribution in [3.63, 3.8) is 0 Å². The molecule has 0 amide bonds. The van der Waals surface area contributed by atoms with Crippen molar-refractivity contribution in [2.75, 3.05) is 6.61 Å². The van der Waals surface area contributed by atoms with Gasteiger partial charge in [-0.2, -0.15) is 5.26 Å². The second-order valence-electron chi connectivity index (χ2n) is 2.38. The molecule has 0 saturated carbocycles. The van der Waals surface area contributed by atoms with Gasteiger partial charge in [-0.15, -0.1) is 0 Å². The van der Waals surface area contributed by atoms with Gasteiger partial charge in [0.25, 0.3) is 0 Å². The number of rotatable bonds is 2. The van der Waals surface area contributed by atoms with Crippen LogP contribution in [-0.4, -0.2) is 16.7 Å². The predicted molar refractivity (Wildman–Crippen MR) is 49.7 cm³/mol. The van der Waals surface area contributed by atoms with Crippen molar-refractivity contribution in [3.05, 3.63) is 28.0 Å². The third-order valence-electron chi connectivity index (χ3n) is 1.50. The molecule has 1 rings (SSSR count). The van der Waals surface area contributed by atoms with Crippen LogP contribution >= 0.6 is 23.2 Å². The average Bonchev–Trinajstić information content (AvgIpc) is 2.10. The molecule has 68 valence electrons. The number of aliphatic hydroxyl groups excluding tert-OH is 1. The lowest BCUT2D eigenvalue weighted by molar-refractivity contribution is 0.284. The molecule has 13 heavy (non-hydrogen) atoms. The van der Waals surface area contributed by atoms with Crippen LogP contribution in [0.2, 0.25) is 10.0 Å². The Morgan fingerprint density at radius 1 is 1.62 bits per heavy atom. The van der Waals surface area contributed by atoms with E-state index >= 15 is 0 Å². The van der Waals surface area contributed by atoms with Gasteiger partial charge < -0.3 is 5.11 Å². The van der Waals surface area contributed by atoms with Gasteiger partial charge in [0.1, 0.15) is 5.92 Å². The molecule has 1 atom stereocenters. The highest BCUT2D eigenvalue weighted by molar-refractivity contribution is 6.34. The van der Waals surface area contributed by atoms with Crippen molar-refractivity contribution in [1.29, 1.82) is 5.26 Å². The summed E-state index contributed by atoms with van der Waals surface area (Å²) in [5.74, 6) is -0.690. The van der Waals surface area contributed by atoms with Gasteiger partial charge >= 0.3 is 0 Å². The van der Waals surface area contributed by atoms with Crippen LogP contribution in [-0.2, 0) is 0 Å². The maximum atomic E-state index is 8.82. The first-order valence-corrected chi connectivity index (χ1v) is 4.26. The first-order valence-electron chi connectivity index (χ1n) is 3.50. The molecule has 0 aliphatic carbocycles. The molecule has 1 heterocycles. The van der Waals surface area contributed by atoms with Gasteiger partial charge in [-0.25, -0.2) is 0 Å². The summed E-state index contributed by atoms with van der Waals surface area (Å²) in [4.78, 5) is 3.87. The Morgan fingerprint density at radius 2 is 2.31 bits per heavy atom. The number of nitrogens with zero attached hydrogens (tertiary/aromatic N) is 2. The second-order valence-corrected chi connectivity index (χ2v) is 3.23. The summed E-state index contributed by atoms with van der Waals surface area (Å²) in [5.41, 5.74) is 0.357. The SMILES string of the molecule is N#CC(CO)c1ncc(Cl)cc1Cl. The molecular formula is C8H6Cl2N2O. The van der Waals surface area contributed by atoms with Crippen LogP contribution < -0.4 is 0 Å². The maximum absolute atomic E-state index is 8.82. The second kappa shape index (κ2) is 4.43. The van der Waals surface area contributed by atoms with Crippen LogP contribution in [0.4, 0.5) is 0 Å². The Labute approximate surface area is 85.5 Å². The number of halogens is 2. The van der Waals surface area contributed by atoms with Crippen LogP contribution in [0.5, 0.6) is 0 Å². The van der Waals surface area contributed by atoms with Crippen LogP contribution in [0.1, 0.15) is 11.6 Å². The molecule has 3 nitrogen and oxygen atoms in total. The van der Waals surface area contributed by atoms with Gasteiger partial charge in [-0.05, 0) is 6.07 Å². The average molecular weight is 217 g/mol. The zero-order valence-electron chi connectivity index (χ0n) is 6.54. The van der Waals surface area contributed by atoms with Crippen molar-refractivity contribution >= 4 is 23.2 Å². The molecule has 0 aromatic carbocycles. The highest BCUT2D eigenvalue weighted by atomic mass is 35.5. The molecule has 0 spiro atoms. The molecule has 0 aliphatic heterocycles. The van der Waals surface area contributed by atoms with E-state index in [-0.39, 0.29) is 6.61 Å². The smallest absolute Gasteiger partial charge is 0.113 e. The molecule has 1 aromatic heterocycles. The summed E-state index contributed by atoms with van der Waals surface area (Å²) in [6.07, 6.45) is 1.39. The molecular weight excluding hydrogens is 211 g/mol. The summed E-state index contributed by atoms with van der Waals surface area (Å²) in [6.45, 7) is -0.301. The Morgan fingerprint density at radius 3 is 2.77 bits per heavy atom. The minimum atomic E-state index is -0.690. The van der Waals surface area contributed by atoms with Gasteiger partial charge in [0.2, 0.25) is 0 Å². The third kappa shape index (κ3) is 2.31. The zero-order valence-corrected chi connectivity index (χ0v) is 8.05. The highest BCUT2D eigenvalue weighted by Gasteiger charge is 2.14. The highest BCUT2D eigenvalue weighted by Crippen LogP contribution is 2.24. The van der Waals surface area contributed by atoms with E-state index in [9.17, 15) is 0 Å². The lowest BCUT2D eigenvalue weighted by atomic mass is 10.1. The van der Waals surface area contributed by atoms with Crippen LogP contribution in [0, 0.1) is 11.3 Å². The monoisotopic (exact) mass is 216 g/mol. The van der Waals surface area contributed by atoms with E-state index in [4.69, 9.17) is 33.6 Å². The molecule has 0 aliphatic rings. The summed E-state index contributed by atoms with van der Waals surface area (Å²) >= 11 is 11.4. The Balaban J connectivity index is 3.09. The lowest BCUT2D eigenvalue weighted by Gasteiger charge is -2.06. The first kappa shape index (κ1) is 10.3. The number of hydrogen-bond acceptors (Lipinski definition) is 3. The molecule has 1 N–H and O–H groups in total. The molecule has 0 saturated heterocycles. The van der Waals surface area contributed by atoms with E-state index in [1.165, 1.54) is 12.3 Å². The topological polar surface area (TPSA) is 56.9 Å². The summed E-state index contributed by atoms with van der Waals surface area (Å²) < 4.78 is 0. The normalized spacial score (nSPS) is 12.2. The van der Waals surface area contributed by atoms with E-state index in [2.05, 4.69) is 4.98 Å². The number of pyridine rings is 1. The fraction of sp³-hybridized carbons (Fsp3) is 0.250. The summed E-state index contributed by atoms with van der Waals surface area (Å²) in [7, 11) is 0. The summed E-state index contributed by atoms with van der Waals surface area (Å²) in [5, 5.41) is 18.2. The van der Waals surface area contributed by atoms with Crippen molar-refractivity contribution < 1.29 is 5.11 Å². The largest absolute Gasteiger partial charge is 0.395 e. The fourth-order valence-electron chi connectivity index (χ4n) is 0.870. The number of hydrogen-bond donors (Lipinski definition) is 1. The van der Waals surface area contributed by atoms with E-state index in [0.717, 1.165) is 0 Å². The molecule has 0 bridgehead atoms. The van der Waals surface area contributed by atoms with E-state index in [0.29, 0.717) is 15.7 Å². The quantitative estimate of drug-likeness (QED) is 0.823. The number of aliphatic hydroxyl groups is 1. The van der Waals surface area contributed by atoms with Crippen molar-refractivity contribution in [2.24, 2.45) is 0 Å². The van der Waals surface area contributed by atoms with Crippen LogP contribution in [0.25, 0.3) is 0 Å². The molecule has 1 unspecified atom stereocenters. The van der Waals surface area contributed by atoms with E-state index in [1.807, 2.05) is 6.07 Å². The fourth-order valence-corrected chi connectivity index (χ4v) is 1.38. The Bertz CT molecular complexity index is 348. The minimum absolute atomic E-state index is 0.299. The van der Waals surface area contributed by atoms with Gasteiger partial charge in [0, 0.05) is 6.20 Å². The van der Waals surface area contributed by atoms with Gasteiger partial charge in [0.05, 0.1) is 28.4 Å². The predicted octanol–water partition coefficient (Wildman–Crippen LogP) is 1.99. The number of aromatic nitrogens is 1. The van der Waals surface area contributed by atoms with E-state index < -0.39 is 5.92 Å². The van der Waals surface area contributed by atoms with Gasteiger partial charge in [-0.3, -0.25) is 4.98 Å². The maximum Gasteiger partial charge on any atom is 0.113 e. The summed E-state index contributed by atoms with van der Waals surface area (Å²) in [6, 6.07) is 3.38. The Hall–Kier alpha value is -0.820. The zero-order chi connectivity index (χ0) is 9.84. The van der Waals surface area contributed by atoms with Crippen molar-refractivity contribution in [1.82, 2.24) is 4.98 Å². The first-order chi connectivity index (χ1) is 6.19. The van der Waals surface area contributed by atoms with Crippen molar-refractivity contribution in [2.45, 2.75) is 5.92 Å². The van der Waals surface area contributed by atoms with E-state index in [1.54, 1.807) is 0 Å². The van der Waals surface area contributed by atoms with Gasteiger partial charge in [-0.1, -0.05) is 23.2 Å². The number of nitriles is 1. The third-order valence-corrected chi connectivity index (χ3v) is 2.01. The lowest BCUT2D eigenvalue weighted by Crippen LogP contribution is -2.04. The molecule has 5 heteroatoms. The van der Waals surface area contributed by atoms with Crippen molar-refractivity contribution in [3.8, 4) is 6.07 Å². The van der Waals surface area contributed by atoms with Crippen LogP contribution in [0.15, 0.2) is 12.3 Å². The standard InChI is InChI=1S/C8H6Cl2N2O/c9-6-1-7(10)8(12-3-6)5(2-11)4-13/h1,3,5,13H,4H2. The minimum Gasteiger partial charge on any atom is -0.395 e. The molecule has 0 fully saturated rings. The molecule has 1 aromatic rings.